The molecule has 18 heavy (non-hydrogen) atoms. The van der Waals surface area contributed by atoms with E-state index in [0.29, 0.717) is 0 Å². The number of aliphatic carboxylic acids is 1. The third-order valence-corrected chi connectivity index (χ3v) is 2.78. The molecular weight excluding hydrogens is 219 g/mol. The Kier molecular flexibility index (Phi) is 5.71. The molecule has 0 spiro atoms. The van der Waals surface area contributed by atoms with Gasteiger partial charge in [-0.3, -0.25) is 4.79 Å². The van der Waals surface area contributed by atoms with Crippen LogP contribution in [0.25, 0.3) is 0 Å². The molecule has 0 atom stereocenters. The summed E-state index contributed by atoms with van der Waals surface area (Å²) in [5.74, 6) is -0.849. The zero-order chi connectivity index (χ0) is 12.1. The summed E-state index contributed by atoms with van der Waals surface area (Å²) >= 11 is 0. The van der Waals surface area contributed by atoms with E-state index in [-0.39, 0.29) is 32.6 Å². The van der Waals surface area contributed by atoms with E-state index in [1.54, 1.807) is 0 Å². The molecule has 0 aliphatic rings. The summed E-state index contributed by atoms with van der Waals surface area (Å²) in [5, 5.41) is 9.01. The molecule has 2 aromatic rings. The molecule has 3 heteroatoms. The monoisotopic (exact) mass is 234 g/mol. The van der Waals surface area contributed by atoms with Crippen LogP contribution in [0.3, 0.4) is 0 Å². The van der Waals surface area contributed by atoms with E-state index in [9.17, 15) is 4.79 Å². The summed E-state index contributed by atoms with van der Waals surface area (Å²) < 4.78 is 0. The Labute approximate surface area is 120 Å². The molecule has 0 aromatic heterocycles. The maximum atomic E-state index is 11.0. The summed E-state index contributed by atoms with van der Waals surface area (Å²) in [7, 11) is 0. The molecule has 0 heterocycles. The second-order valence-electron chi connectivity index (χ2n) is 3.97. The second kappa shape index (κ2) is 7.06. The van der Waals surface area contributed by atoms with Gasteiger partial charge in [0.05, 0.1) is 6.42 Å². The summed E-state index contributed by atoms with van der Waals surface area (Å²) in [4.78, 5) is 11.0. The Hall–Kier alpha value is -1.49. The van der Waals surface area contributed by atoms with Crippen LogP contribution in [0.4, 0.5) is 0 Å². The molecule has 2 nitrogen and oxygen atoms in total. The van der Waals surface area contributed by atoms with Crippen molar-refractivity contribution in [3.05, 3.63) is 71.8 Å². The van der Waals surface area contributed by atoms with E-state index in [4.69, 9.17) is 5.11 Å². The number of carbonyl (C=O) groups is 1. The Morgan fingerprint density at radius 1 is 0.944 bits per heavy atom. The van der Waals surface area contributed by atoms with Gasteiger partial charge in [0.25, 0.3) is 0 Å². The molecule has 0 amide bonds. The van der Waals surface area contributed by atoms with Crippen LogP contribution < -0.4 is 18.9 Å². The molecule has 0 radical (unpaired) electrons. The van der Waals surface area contributed by atoms with Crippen molar-refractivity contribution >= 4 is 5.97 Å². The van der Waals surface area contributed by atoms with E-state index in [2.05, 4.69) is 0 Å². The maximum Gasteiger partial charge on any atom is 1.00 e. The van der Waals surface area contributed by atoms with Gasteiger partial charge in [0.15, 0.2) is 0 Å². The van der Waals surface area contributed by atoms with E-state index in [1.807, 2.05) is 60.7 Å². The van der Waals surface area contributed by atoms with E-state index >= 15 is 0 Å². The van der Waals surface area contributed by atoms with Gasteiger partial charge in [0.2, 0.25) is 0 Å². The molecule has 0 saturated heterocycles. The zero-order valence-corrected chi connectivity index (χ0v) is 10.4. The normalized spacial score (nSPS) is 9.83. The molecule has 2 rings (SSSR count). The third kappa shape index (κ3) is 3.77. The fourth-order valence-corrected chi connectivity index (χ4v) is 1.97. The minimum atomic E-state index is -0.775. The van der Waals surface area contributed by atoms with Crippen LogP contribution in [-0.2, 0) is 4.79 Å². The van der Waals surface area contributed by atoms with Crippen molar-refractivity contribution in [3.63, 3.8) is 0 Å². The summed E-state index contributed by atoms with van der Waals surface area (Å²) in [5.41, 5.74) is 2.09. The number of benzene rings is 2. The number of hydrogen-bond donors (Lipinski definition) is 1. The number of hydrogen-bond acceptors (Lipinski definition) is 1. The molecule has 2 aromatic carbocycles. The first-order chi connectivity index (χ1) is 8.27. The largest absolute Gasteiger partial charge is 1.00 e. The van der Waals surface area contributed by atoms with Crippen LogP contribution >= 0.6 is 0 Å². The molecule has 0 aliphatic carbocycles. The quantitative estimate of drug-likeness (QED) is 0.778. The first-order valence-corrected chi connectivity index (χ1v) is 5.59. The maximum absolute atomic E-state index is 11.0. The Balaban J connectivity index is 0.00000162. The molecule has 0 saturated carbocycles. The van der Waals surface area contributed by atoms with Gasteiger partial charge in [-0.2, -0.15) is 0 Å². The van der Waals surface area contributed by atoms with Crippen molar-refractivity contribution in [2.75, 3.05) is 0 Å². The van der Waals surface area contributed by atoms with Crippen LogP contribution in [0.15, 0.2) is 60.7 Å². The van der Waals surface area contributed by atoms with Crippen molar-refractivity contribution in [3.8, 4) is 0 Å². The van der Waals surface area contributed by atoms with Crippen LogP contribution in [0.1, 0.15) is 24.9 Å². The standard InChI is InChI=1S/C15H14O2.Li.H/c16-15(17)11-14(12-7-3-1-4-8-12)13-9-5-2-6-10-13;;/h1-10,14H,11H2,(H,16,17);;/q;+1;-1. The van der Waals surface area contributed by atoms with E-state index in [1.165, 1.54) is 0 Å². The molecule has 1 N–H and O–H groups in total. The van der Waals surface area contributed by atoms with Crippen LogP contribution in [0.5, 0.6) is 0 Å². The first-order valence-electron chi connectivity index (χ1n) is 5.59. The minimum Gasteiger partial charge on any atom is -1.00 e. The third-order valence-electron chi connectivity index (χ3n) is 2.78. The van der Waals surface area contributed by atoms with Crippen molar-refractivity contribution < 1.29 is 30.2 Å². The zero-order valence-electron chi connectivity index (χ0n) is 11.4. The fraction of sp³-hybridized carbons (Fsp3) is 0.133. The average molecular weight is 234 g/mol. The number of carboxylic acid groups (broad SMARTS) is 1. The van der Waals surface area contributed by atoms with Gasteiger partial charge < -0.3 is 6.53 Å². The Morgan fingerprint density at radius 2 is 1.33 bits per heavy atom. The molecule has 88 valence electrons. The predicted molar refractivity (Wildman–Crippen MR) is 68.1 cm³/mol. The Bertz CT molecular complexity index is 449. The van der Waals surface area contributed by atoms with Gasteiger partial charge in [0.1, 0.15) is 0 Å². The average Bonchev–Trinajstić information content (AvgIpc) is 2.38. The van der Waals surface area contributed by atoms with Crippen molar-refractivity contribution in [1.82, 2.24) is 0 Å². The fourth-order valence-electron chi connectivity index (χ4n) is 1.97. The minimum absolute atomic E-state index is 0. The Morgan fingerprint density at radius 3 is 1.67 bits per heavy atom. The van der Waals surface area contributed by atoms with Crippen LogP contribution in [0, 0.1) is 0 Å². The van der Waals surface area contributed by atoms with Gasteiger partial charge >= 0.3 is 24.8 Å². The van der Waals surface area contributed by atoms with Gasteiger partial charge in [0, 0.05) is 5.92 Å². The molecule has 0 fully saturated rings. The van der Waals surface area contributed by atoms with Crippen molar-refractivity contribution in [1.29, 1.82) is 0 Å². The van der Waals surface area contributed by atoms with Crippen molar-refractivity contribution in [2.24, 2.45) is 0 Å². The van der Waals surface area contributed by atoms with Gasteiger partial charge in [-0.1, -0.05) is 60.7 Å². The summed E-state index contributed by atoms with van der Waals surface area (Å²) in [6, 6.07) is 19.5. The smallest absolute Gasteiger partial charge is 1.00 e. The van der Waals surface area contributed by atoms with Gasteiger partial charge in [-0.15, -0.1) is 0 Å². The molecule has 0 unspecified atom stereocenters. The van der Waals surface area contributed by atoms with Gasteiger partial charge in [-0.25, -0.2) is 0 Å². The van der Waals surface area contributed by atoms with Crippen LogP contribution in [0.2, 0.25) is 0 Å². The topological polar surface area (TPSA) is 37.3 Å². The first kappa shape index (κ1) is 14.6. The molecule has 0 aliphatic heterocycles. The summed E-state index contributed by atoms with van der Waals surface area (Å²) in [6.07, 6.45) is 0.119. The number of rotatable bonds is 4. The van der Waals surface area contributed by atoms with E-state index in [0.717, 1.165) is 11.1 Å². The summed E-state index contributed by atoms with van der Waals surface area (Å²) in [6.45, 7) is 0. The molecule has 0 bridgehead atoms. The molecular formula is C15H15LiO2. The SMILES string of the molecule is O=C(O)CC(c1ccccc1)c1ccccc1.[H-].[Li+]. The predicted octanol–water partition coefficient (Wildman–Crippen LogP) is 0.410. The van der Waals surface area contributed by atoms with Crippen LogP contribution in [-0.4, -0.2) is 11.1 Å². The second-order valence-corrected chi connectivity index (χ2v) is 3.97. The number of carboxylic acids is 1. The van der Waals surface area contributed by atoms with E-state index < -0.39 is 5.97 Å². The van der Waals surface area contributed by atoms with Crippen molar-refractivity contribution in [2.45, 2.75) is 12.3 Å². The van der Waals surface area contributed by atoms with Gasteiger partial charge in [-0.05, 0) is 11.1 Å².